The van der Waals surface area contributed by atoms with Gasteiger partial charge in [-0.2, -0.15) is 0 Å². The van der Waals surface area contributed by atoms with Crippen LogP contribution in [0.2, 0.25) is 5.02 Å². The molecular weight excluding hydrogens is 338 g/mol. The number of carbonyl (C=O) groups is 1. The quantitative estimate of drug-likeness (QED) is 0.728. The molecule has 128 valence electrons. The highest BCUT2D eigenvalue weighted by Crippen LogP contribution is 2.32. The van der Waals surface area contributed by atoms with Gasteiger partial charge in [0.1, 0.15) is 0 Å². The molecule has 0 aliphatic carbocycles. The van der Waals surface area contributed by atoms with Crippen LogP contribution in [0.15, 0.2) is 59.0 Å². The third-order valence-corrected chi connectivity index (χ3v) is 4.22. The number of nitrogens with one attached hydrogen (secondary N) is 1. The molecule has 0 spiro atoms. The van der Waals surface area contributed by atoms with Gasteiger partial charge in [0, 0.05) is 24.3 Å². The molecule has 1 amide bonds. The van der Waals surface area contributed by atoms with Gasteiger partial charge >= 0.3 is 0 Å². The molecule has 1 N–H and O–H groups in total. The van der Waals surface area contributed by atoms with Crippen LogP contribution in [0.3, 0.4) is 0 Å². The summed E-state index contributed by atoms with van der Waals surface area (Å²) in [6, 6.07) is 17.5. The van der Waals surface area contributed by atoms with Crippen LogP contribution in [0.1, 0.15) is 35.2 Å². The highest BCUT2D eigenvalue weighted by atomic mass is 35.5. The molecule has 1 heterocycles. The Morgan fingerprint density at radius 2 is 1.84 bits per heavy atom. The summed E-state index contributed by atoms with van der Waals surface area (Å²) < 4.78 is 5.27. The molecule has 0 saturated carbocycles. The zero-order valence-electron chi connectivity index (χ0n) is 13.8. The first kappa shape index (κ1) is 17.2. The highest BCUT2D eigenvalue weighted by Gasteiger charge is 2.20. The van der Waals surface area contributed by atoms with Gasteiger partial charge in [0.2, 0.25) is 17.7 Å². The lowest BCUT2D eigenvalue weighted by atomic mass is 9.88. The average molecular weight is 356 g/mol. The molecule has 0 bridgehead atoms. The van der Waals surface area contributed by atoms with Crippen molar-refractivity contribution in [1.29, 1.82) is 0 Å². The molecule has 1 atom stereocenters. The Balaban J connectivity index is 1.76. The zero-order valence-corrected chi connectivity index (χ0v) is 14.5. The van der Waals surface area contributed by atoms with E-state index < -0.39 is 0 Å². The van der Waals surface area contributed by atoms with Crippen LogP contribution in [0.4, 0.5) is 0 Å². The Kier molecular flexibility index (Phi) is 5.46. The molecule has 0 saturated heterocycles. The number of amides is 1. The Morgan fingerprint density at radius 3 is 2.52 bits per heavy atom. The normalized spacial score (nSPS) is 11.9. The predicted octanol–water partition coefficient (Wildman–Crippen LogP) is 3.87. The number of benzene rings is 2. The number of aryl methyl sites for hydroxylation is 1. The van der Waals surface area contributed by atoms with Crippen molar-refractivity contribution in [3.8, 4) is 0 Å². The molecule has 25 heavy (non-hydrogen) atoms. The van der Waals surface area contributed by atoms with Gasteiger partial charge in [-0.05, 0) is 17.2 Å². The fraction of sp³-hybridized carbons (Fsp3) is 0.211. The number of hydrogen-bond acceptors (Lipinski definition) is 4. The Labute approximate surface area is 151 Å². The average Bonchev–Trinajstić information content (AvgIpc) is 3.05. The molecule has 0 unspecified atom stereocenters. The van der Waals surface area contributed by atoms with E-state index in [1.54, 1.807) is 6.92 Å². The Hall–Kier alpha value is -2.66. The van der Waals surface area contributed by atoms with Gasteiger partial charge in [-0.15, -0.1) is 10.2 Å². The highest BCUT2D eigenvalue weighted by molar-refractivity contribution is 6.31. The van der Waals surface area contributed by atoms with E-state index in [1.807, 2.05) is 54.6 Å². The second kappa shape index (κ2) is 7.94. The molecule has 0 fully saturated rings. The first-order chi connectivity index (χ1) is 12.1. The van der Waals surface area contributed by atoms with Crippen molar-refractivity contribution in [2.24, 2.45) is 0 Å². The predicted molar refractivity (Wildman–Crippen MR) is 95.2 cm³/mol. The summed E-state index contributed by atoms with van der Waals surface area (Å²) in [5.74, 6) is 0.631. The molecule has 0 aliphatic rings. The fourth-order valence-corrected chi connectivity index (χ4v) is 2.96. The largest absolute Gasteiger partial charge is 0.424 e. The summed E-state index contributed by atoms with van der Waals surface area (Å²) in [5, 5.41) is 11.1. The Bertz CT molecular complexity index is 849. The van der Waals surface area contributed by atoms with Gasteiger partial charge in [0.15, 0.2) is 0 Å². The summed E-state index contributed by atoms with van der Waals surface area (Å²) in [5.41, 5.74) is 1.97. The van der Waals surface area contributed by atoms with Crippen molar-refractivity contribution in [3.63, 3.8) is 0 Å². The fourth-order valence-electron chi connectivity index (χ4n) is 2.69. The number of hydrogen-bond donors (Lipinski definition) is 1. The summed E-state index contributed by atoms with van der Waals surface area (Å²) >= 11 is 6.36. The standard InChI is InChI=1S/C19H18ClN3O2/c1-13-22-23-19(25-13)12-21-18(24)11-16(14-7-3-2-4-8-14)15-9-5-6-10-17(15)20/h2-10,16H,11-12H2,1H3,(H,21,24)/t16-/m0/s1. The second-order valence-corrected chi connectivity index (χ2v) is 6.09. The van der Waals surface area contributed by atoms with Gasteiger partial charge in [0.25, 0.3) is 0 Å². The van der Waals surface area contributed by atoms with Gasteiger partial charge < -0.3 is 9.73 Å². The third kappa shape index (κ3) is 4.45. The van der Waals surface area contributed by atoms with Crippen LogP contribution in [-0.4, -0.2) is 16.1 Å². The maximum absolute atomic E-state index is 12.4. The topological polar surface area (TPSA) is 68.0 Å². The summed E-state index contributed by atoms with van der Waals surface area (Å²) in [6.45, 7) is 1.92. The van der Waals surface area contributed by atoms with Gasteiger partial charge in [-0.25, -0.2) is 0 Å². The third-order valence-electron chi connectivity index (χ3n) is 3.88. The van der Waals surface area contributed by atoms with Crippen molar-refractivity contribution in [1.82, 2.24) is 15.5 Å². The maximum Gasteiger partial charge on any atom is 0.235 e. The molecular formula is C19H18ClN3O2. The second-order valence-electron chi connectivity index (χ2n) is 5.68. The van der Waals surface area contributed by atoms with Gasteiger partial charge in [-0.1, -0.05) is 60.1 Å². The van der Waals surface area contributed by atoms with E-state index >= 15 is 0 Å². The van der Waals surface area contributed by atoms with Crippen LogP contribution in [0.5, 0.6) is 0 Å². The first-order valence-electron chi connectivity index (χ1n) is 7.98. The number of rotatable bonds is 6. The van der Waals surface area contributed by atoms with Crippen molar-refractivity contribution >= 4 is 17.5 Å². The smallest absolute Gasteiger partial charge is 0.235 e. The minimum absolute atomic E-state index is 0.107. The number of halogens is 1. The van der Waals surface area contributed by atoms with Crippen LogP contribution < -0.4 is 5.32 Å². The number of carbonyl (C=O) groups excluding carboxylic acids is 1. The van der Waals surface area contributed by atoms with Crippen LogP contribution >= 0.6 is 11.6 Å². The van der Waals surface area contributed by atoms with Gasteiger partial charge in [-0.3, -0.25) is 4.79 Å². The monoisotopic (exact) mass is 355 g/mol. The molecule has 5 nitrogen and oxygen atoms in total. The maximum atomic E-state index is 12.4. The van der Waals surface area contributed by atoms with Crippen LogP contribution in [0.25, 0.3) is 0 Å². The van der Waals surface area contributed by atoms with Crippen LogP contribution in [0, 0.1) is 6.92 Å². The van der Waals surface area contributed by atoms with Crippen molar-refractivity contribution in [3.05, 3.63) is 82.5 Å². The van der Waals surface area contributed by atoms with Crippen molar-refractivity contribution < 1.29 is 9.21 Å². The number of nitrogens with zero attached hydrogens (tertiary/aromatic N) is 2. The van der Waals surface area contributed by atoms with Crippen molar-refractivity contribution in [2.45, 2.75) is 25.8 Å². The molecule has 6 heteroatoms. The summed E-state index contributed by atoms with van der Waals surface area (Å²) in [7, 11) is 0. The molecule has 0 radical (unpaired) electrons. The summed E-state index contributed by atoms with van der Waals surface area (Å²) in [4.78, 5) is 12.4. The van der Waals surface area contributed by atoms with Gasteiger partial charge in [0.05, 0.1) is 6.54 Å². The molecule has 3 aromatic rings. The van der Waals surface area contributed by atoms with Crippen molar-refractivity contribution in [2.75, 3.05) is 0 Å². The minimum atomic E-state index is -0.126. The lowest BCUT2D eigenvalue weighted by molar-refractivity contribution is -0.121. The molecule has 2 aromatic carbocycles. The van der Waals surface area contributed by atoms with Crippen LogP contribution in [-0.2, 0) is 11.3 Å². The Morgan fingerprint density at radius 1 is 1.12 bits per heavy atom. The number of aromatic nitrogens is 2. The van der Waals surface area contributed by atoms with E-state index in [0.717, 1.165) is 11.1 Å². The van der Waals surface area contributed by atoms with E-state index in [0.29, 0.717) is 16.8 Å². The van der Waals surface area contributed by atoms with E-state index in [9.17, 15) is 4.79 Å². The zero-order chi connectivity index (χ0) is 17.6. The summed E-state index contributed by atoms with van der Waals surface area (Å²) in [6.07, 6.45) is 0.279. The molecule has 1 aromatic heterocycles. The van der Waals surface area contributed by atoms with E-state index in [-0.39, 0.29) is 24.8 Å². The first-order valence-corrected chi connectivity index (χ1v) is 8.36. The minimum Gasteiger partial charge on any atom is -0.424 e. The van der Waals surface area contributed by atoms with E-state index in [4.69, 9.17) is 16.0 Å². The lowest BCUT2D eigenvalue weighted by Gasteiger charge is -2.19. The molecule has 0 aliphatic heterocycles. The SMILES string of the molecule is Cc1nnc(CNC(=O)C[C@@H](c2ccccc2)c2ccccc2Cl)o1. The van der Waals surface area contributed by atoms with E-state index in [2.05, 4.69) is 15.5 Å². The molecule has 3 rings (SSSR count). The lowest BCUT2D eigenvalue weighted by Crippen LogP contribution is -2.25. The van der Waals surface area contributed by atoms with E-state index in [1.165, 1.54) is 0 Å².